The van der Waals surface area contributed by atoms with E-state index in [2.05, 4.69) is 5.10 Å². The van der Waals surface area contributed by atoms with Gasteiger partial charge in [0.15, 0.2) is 17.2 Å². The predicted molar refractivity (Wildman–Crippen MR) is 94.6 cm³/mol. The van der Waals surface area contributed by atoms with Crippen LogP contribution in [0.15, 0.2) is 18.2 Å². The molecule has 0 fully saturated rings. The summed E-state index contributed by atoms with van der Waals surface area (Å²) in [6, 6.07) is 4.70. The molecule has 3 rings (SSSR count). The number of benzene rings is 1. The van der Waals surface area contributed by atoms with E-state index in [9.17, 15) is 9.59 Å². The molecule has 9 nitrogen and oxygen atoms in total. The third-order valence-corrected chi connectivity index (χ3v) is 4.46. The van der Waals surface area contributed by atoms with E-state index in [0.717, 1.165) is 0 Å². The number of fused-ring (bicyclic) bond motifs is 1. The summed E-state index contributed by atoms with van der Waals surface area (Å²) in [6.07, 6.45) is 0.662. The zero-order valence-corrected chi connectivity index (χ0v) is 15.4. The molecule has 1 amide bonds. The third-order valence-electron chi connectivity index (χ3n) is 4.46. The molecular weight excluding hydrogens is 354 g/mol. The fourth-order valence-electron chi connectivity index (χ4n) is 3.11. The maximum absolute atomic E-state index is 13.2. The lowest BCUT2D eigenvalue weighted by Gasteiger charge is -2.22. The number of aromatic nitrogens is 2. The Hall–Kier alpha value is -3.23. The Morgan fingerprint density at radius 3 is 2.30 bits per heavy atom. The number of ether oxygens (including phenoxy) is 3. The molecule has 0 saturated carbocycles. The second kappa shape index (κ2) is 7.56. The Bertz CT molecular complexity index is 876. The lowest BCUT2D eigenvalue weighted by atomic mass is 10.1. The molecule has 1 aliphatic heterocycles. The van der Waals surface area contributed by atoms with Gasteiger partial charge in [-0.15, -0.1) is 0 Å². The highest BCUT2D eigenvalue weighted by atomic mass is 16.5. The van der Waals surface area contributed by atoms with Crippen molar-refractivity contribution in [3.8, 4) is 17.2 Å². The summed E-state index contributed by atoms with van der Waals surface area (Å²) in [4.78, 5) is 26.0. The van der Waals surface area contributed by atoms with Crippen molar-refractivity contribution >= 4 is 11.9 Å². The molecule has 0 bridgehead atoms. The van der Waals surface area contributed by atoms with Gasteiger partial charge in [0, 0.05) is 25.2 Å². The summed E-state index contributed by atoms with van der Waals surface area (Å²) in [5.41, 5.74) is 1.00. The van der Waals surface area contributed by atoms with Gasteiger partial charge in [-0.05, 0) is 12.5 Å². The molecule has 9 heteroatoms. The van der Waals surface area contributed by atoms with Gasteiger partial charge in [0.1, 0.15) is 5.75 Å². The highest BCUT2D eigenvalue weighted by Crippen LogP contribution is 2.35. The van der Waals surface area contributed by atoms with Gasteiger partial charge in [-0.2, -0.15) is 5.10 Å². The number of aromatic carboxylic acids is 1. The summed E-state index contributed by atoms with van der Waals surface area (Å²) in [7, 11) is 4.49. The lowest BCUT2D eigenvalue weighted by Crippen LogP contribution is -2.31. The van der Waals surface area contributed by atoms with E-state index in [-0.39, 0.29) is 18.1 Å². The molecule has 1 N–H and O–H groups in total. The number of amides is 1. The molecule has 1 aromatic heterocycles. The number of nitrogens with zero attached hydrogens (tertiary/aromatic N) is 3. The highest BCUT2D eigenvalue weighted by molar-refractivity contribution is 5.98. The number of carbonyl (C=O) groups excluding carboxylic acids is 1. The second-order valence-electron chi connectivity index (χ2n) is 6.04. The maximum atomic E-state index is 13.2. The molecule has 0 radical (unpaired) electrons. The van der Waals surface area contributed by atoms with E-state index in [4.69, 9.17) is 19.3 Å². The Kier molecular flexibility index (Phi) is 5.20. The summed E-state index contributed by atoms with van der Waals surface area (Å²) >= 11 is 0. The van der Waals surface area contributed by atoms with Gasteiger partial charge in [0.2, 0.25) is 0 Å². The van der Waals surface area contributed by atoms with Crippen molar-refractivity contribution in [1.82, 2.24) is 14.7 Å². The third kappa shape index (κ3) is 3.53. The standard InChI is InChI=1S/C18H21N3O6/c1-25-14-9-16(27-3)15(26-2)8-12(14)17(22)20-5-4-6-21-11(10-20)7-13(19-21)18(23)24/h7-9H,4-6,10H2,1-3H3,(H,23,24). The van der Waals surface area contributed by atoms with Gasteiger partial charge in [-0.1, -0.05) is 0 Å². The first kappa shape index (κ1) is 18.6. The average Bonchev–Trinajstić information content (AvgIpc) is 2.98. The van der Waals surface area contributed by atoms with E-state index < -0.39 is 5.97 Å². The molecule has 0 saturated heterocycles. The lowest BCUT2D eigenvalue weighted by molar-refractivity contribution is 0.0689. The number of carbonyl (C=O) groups is 2. The van der Waals surface area contributed by atoms with Crippen molar-refractivity contribution in [1.29, 1.82) is 0 Å². The molecule has 144 valence electrons. The van der Waals surface area contributed by atoms with Crippen molar-refractivity contribution in [2.45, 2.75) is 19.5 Å². The number of methoxy groups -OCH3 is 3. The molecule has 0 spiro atoms. The van der Waals surface area contributed by atoms with Crippen LogP contribution >= 0.6 is 0 Å². The SMILES string of the molecule is COc1cc(OC)c(C(=O)N2CCCn3nc(C(=O)O)cc3C2)cc1OC. The first-order chi connectivity index (χ1) is 13.0. The van der Waals surface area contributed by atoms with Crippen LogP contribution in [0.4, 0.5) is 0 Å². The fourth-order valence-corrected chi connectivity index (χ4v) is 3.11. The Morgan fingerprint density at radius 1 is 1.00 bits per heavy atom. The molecule has 1 aromatic carbocycles. The number of aryl methyl sites for hydroxylation is 1. The number of hydrogen-bond acceptors (Lipinski definition) is 6. The molecular formula is C18H21N3O6. The van der Waals surface area contributed by atoms with Gasteiger partial charge in [0.25, 0.3) is 5.91 Å². The maximum Gasteiger partial charge on any atom is 0.356 e. The van der Waals surface area contributed by atoms with E-state index in [0.29, 0.717) is 48.0 Å². The van der Waals surface area contributed by atoms with Crippen molar-refractivity contribution < 1.29 is 28.9 Å². The number of carboxylic acid groups (broad SMARTS) is 1. The summed E-state index contributed by atoms with van der Waals surface area (Å²) < 4.78 is 17.5. The highest BCUT2D eigenvalue weighted by Gasteiger charge is 2.26. The predicted octanol–water partition coefficient (Wildman–Crippen LogP) is 1.65. The van der Waals surface area contributed by atoms with Crippen LogP contribution in [-0.4, -0.2) is 59.5 Å². The Morgan fingerprint density at radius 2 is 1.67 bits per heavy atom. The van der Waals surface area contributed by atoms with E-state index >= 15 is 0 Å². The fraction of sp³-hybridized carbons (Fsp3) is 0.389. The van der Waals surface area contributed by atoms with Crippen molar-refractivity contribution in [3.05, 3.63) is 35.2 Å². The largest absolute Gasteiger partial charge is 0.496 e. The van der Waals surface area contributed by atoms with Crippen molar-refractivity contribution in [3.63, 3.8) is 0 Å². The summed E-state index contributed by atoms with van der Waals surface area (Å²) in [5, 5.41) is 13.2. The first-order valence-corrected chi connectivity index (χ1v) is 8.37. The van der Waals surface area contributed by atoms with Gasteiger partial charge >= 0.3 is 5.97 Å². The zero-order chi connectivity index (χ0) is 19.6. The van der Waals surface area contributed by atoms with Crippen LogP contribution in [0, 0.1) is 0 Å². The molecule has 0 atom stereocenters. The summed E-state index contributed by atoms with van der Waals surface area (Å²) in [5.74, 6) is -0.0587. The smallest absolute Gasteiger partial charge is 0.356 e. The van der Waals surface area contributed by atoms with Crippen LogP contribution in [0.3, 0.4) is 0 Å². The quantitative estimate of drug-likeness (QED) is 0.847. The monoisotopic (exact) mass is 375 g/mol. The van der Waals surface area contributed by atoms with Crippen LogP contribution in [0.5, 0.6) is 17.2 Å². The van der Waals surface area contributed by atoms with E-state index in [1.54, 1.807) is 21.7 Å². The van der Waals surface area contributed by atoms with Crippen LogP contribution in [0.2, 0.25) is 0 Å². The minimum absolute atomic E-state index is 0.0250. The van der Waals surface area contributed by atoms with Crippen molar-refractivity contribution in [2.24, 2.45) is 0 Å². The average molecular weight is 375 g/mol. The van der Waals surface area contributed by atoms with Crippen LogP contribution in [0.1, 0.15) is 33.0 Å². The normalized spacial score (nSPS) is 13.5. The van der Waals surface area contributed by atoms with Gasteiger partial charge in [-0.3, -0.25) is 9.48 Å². The molecule has 0 aliphatic carbocycles. The number of rotatable bonds is 5. The van der Waals surface area contributed by atoms with Gasteiger partial charge < -0.3 is 24.2 Å². The zero-order valence-electron chi connectivity index (χ0n) is 15.4. The van der Waals surface area contributed by atoms with Crippen LogP contribution < -0.4 is 14.2 Å². The molecule has 2 aromatic rings. The minimum atomic E-state index is -1.09. The molecule has 1 aliphatic rings. The van der Waals surface area contributed by atoms with Crippen molar-refractivity contribution in [2.75, 3.05) is 27.9 Å². The Labute approximate surface area is 156 Å². The second-order valence-corrected chi connectivity index (χ2v) is 6.04. The molecule has 27 heavy (non-hydrogen) atoms. The van der Waals surface area contributed by atoms with Gasteiger partial charge in [0.05, 0.1) is 39.1 Å². The number of hydrogen-bond donors (Lipinski definition) is 1. The van der Waals surface area contributed by atoms with Gasteiger partial charge in [-0.25, -0.2) is 4.79 Å². The Balaban J connectivity index is 1.94. The molecule has 0 unspecified atom stereocenters. The number of carboxylic acids is 1. The minimum Gasteiger partial charge on any atom is -0.496 e. The topological polar surface area (TPSA) is 103 Å². The molecule has 2 heterocycles. The van der Waals surface area contributed by atoms with E-state index in [1.807, 2.05) is 0 Å². The van der Waals surface area contributed by atoms with Crippen LogP contribution in [0.25, 0.3) is 0 Å². The summed E-state index contributed by atoms with van der Waals surface area (Å²) in [6.45, 7) is 1.33. The first-order valence-electron chi connectivity index (χ1n) is 8.37. The van der Waals surface area contributed by atoms with Crippen LogP contribution in [-0.2, 0) is 13.1 Å². The van der Waals surface area contributed by atoms with E-state index in [1.165, 1.54) is 27.4 Å².